The quantitative estimate of drug-likeness (QED) is 0.455. The second-order valence-corrected chi connectivity index (χ2v) is 6.87. The first-order chi connectivity index (χ1) is 14.0. The molecule has 0 spiro atoms. The number of benzene rings is 2. The number of aliphatic hydroxyl groups excluding tert-OH is 1. The molecule has 0 aliphatic carbocycles. The Morgan fingerprint density at radius 1 is 1.28 bits per heavy atom. The van der Waals surface area contributed by atoms with Gasteiger partial charge in [-0.1, -0.05) is 18.2 Å². The molecule has 0 atom stereocenters. The summed E-state index contributed by atoms with van der Waals surface area (Å²) < 4.78 is 1.88. The van der Waals surface area contributed by atoms with Gasteiger partial charge in [-0.25, -0.2) is 10.4 Å². The minimum atomic E-state index is -0.207. The van der Waals surface area contributed by atoms with Crippen molar-refractivity contribution in [2.75, 3.05) is 24.6 Å². The maximum atomic E-state index is 12.3. The highest BCUT2D eigenvalue weighted by Crippen LogP contribution is 2.18. The van der Waals surface area contributed by atoms with E-state index in [4.69, 9.17) is 0 Å². The molecule has 29 heavy (non-hydrogen) atoms. The number of nitrogens with one attached hydrogen (secondary N) is 1. The molecule has 0 saturated carbocycles. The zero-order valence-electron chi connectivity index (χ0n) is 17.1. The second-order valence-electron chi connectivity index (χ2n) is 6.87. The van der Waals surface area contributed by atoms with Crippen molar-refractivity contribution in [3.8, 4) is 0 Å². The number of aryl methyl sites for hydroxylation is 2. The number of para-hydroxylation sites is 2. The number of aliphatic hydroxyl groups is 1. The summed E-state index contributed by atoms with van der Waals surface area (Å²) in [7, 11) is 0. The zero-order chi connectivity index (χ0) is 20.8. The van der Waals surface area contributed by atoms with E-state index in [1.807, 2.05) is 54.8 Å². The predicted molar refractivity (Wildman–Crippen MR) is 116 cm³/mol. The van der Waals surface area contributed by atoms with Crippen LogP contribution in [0.15, 0.2) is 47.6 Å². The van der Waals surface area contributed by atoms with Crippen molar-refractivity contribution in [3.05, 3.63) is 59.4 Å². The van der Waals surface area contributed by atoms with Gasteiger partial charge in [-0.05, 0) is 56.2 Å². The van der Waals surface area contributed by atoms with Crippen molar-refractivity contribution in [2.24, 2.45) is 5.10 Å². The first-order valence-corrected chi connectivity index (χ1v) is 9.73. The van der Waals surface area contributed by atoms with E-state index in [-0.39, 0.29) is 19.1 Å². The summed E-state index contributed by atoms with van der Waals surface area (Å²) in [4.78, 5) is 18.9. The first kappa shape index (κ1) is 20.5. The molecule has 1 aromatic heterocycles. The molecular weight excluding hydrogens is 366 g/mol. The number of amides is 1. The Labute approximate surface area is 170 Å². The lowest BCUT2D eigenvalue weighted by Crippen LogP contribution is -2.26. The lowest BCUT2D eigenvalue weighted by atomic mass is 10.1. The number of fused-ring (bicyclic) bond motifs is 1. The summed E-state index contributed by atoms with van der Waals surface area (Å²) in [6.45, 7) is 7.65. The molecule has 0 fully saturated rings. The summed E-state index contributed by atoms with van der Waals surface area (Å²) in [6.07, 6.45) is 1.65. The van der Waals surface area contributed by atoms with Crippen molar-refractivity contribution in [1.29, 1.82) is 0 Å². The monoisotopic (exact) mass is 393 g/mol. The molecule has 0 saturated heterocycles. The van der Waals surface area contributed by atoms with E-state index in [1.165, 1.54) is 0 Å². The van der Waals surface area contributed by atoms with Crippen LogP contribution in [0.25, 0.3) is 11.0 Å². The largest absolute Gasteiger partial charge is 0.395 e. The van der Waals surface area contributed by atoms with Gasteiger partial charge in [-0.15, -0.1) is 0 Å². The SMILES string of the molecule is CCN(CCO)c1ccc(/C=N\NC(=O)Cn2c(C)nc3ccccc32)c(C)c1. The van der Waals surface area contributed by atoms with Gasteiger partial charge in [-0.3, -0.25) is 4.79 Å². The van der Waals surface area contributed by atoms with Crippen LogP contribution in [0.2, 0.25) is 0 Å². The van der Waals surface area contributed by atoms with Crippen LogP contribution >= 0.6 is 0 Å². The van der Waals surface area contributed by atoms with Crippen LogP contribution < -0.4 is 10.3 Å². The minimum Gasteiger partial charge on any atom is -0.395 e. The van der Waals surface area contributed by atoms with Crippen molar-refractivity contribution >= 4 is 28.8 Å². The van der Waals surface area contributed by atoms with Gasteiger partial charge in [0.2, 0.25) is 0 Å². The fourth-order valence-electron chi connectivity index (χ4n) is 3.34. The topological polar surface area (TPSA) is 82.8 Å². The predicted octanol–water partition coefficient (Wildman–Crippen LogP) is 2.62. The maximum Gasteiger partial charge on any atom is 0.260 e. The lowest BCUT2D eigenvalue weighted by molar-refractivity contribution is -0.121. The van der Waals surface area contributed by atoms with Gasteiger partial charge in [0.15, 0.2) is 0 Å². The number of hydrogen-bond acceptors (Lipinski definition) is 5. The Morgan fingerprint density at radius 2 is 2.07 bits per heavy atom. The average molecular weight is 393 g/mol. The highest BCUT2D eigenvalue weighted by molar-refractivity contribution is 5.85. The number of aromatic nitrogens is 2. The number of carbonyl (C=O) groups excluding carboxylic acids is 1. The molecule has 3 rings (SSSR count). The smallest absolute Gasteiger partial charge is 0.260 e. The van der Waals surface area contributed by atoms with Crippen molar-refractivity contribution in [1.82, 2.24) is 15.0 Å². The van der Waals surface area contributed by atoms with Crippen LogP contribution in [0, 0.1) is 13.8 Å². The Balaban J connectivity index is 1.65. The van der Waals surface area contributed by atoms with Crippen LogP contribution in [0.4, 0.5) is 5.69 Å². The van der Waals surface area contributed by atoms with E-state index in [0.29, 0.717) is 6.54 Å². The molecule has 0 unspecified atom stereocenters. The molecule has 1 amide bonds. The number of rotatable bonds is 8. The zero-order valence-corrected chi connectivity index (χ0v) is 17.1. The lowest BCUT2D eigenvalue weighted by Gasteiger charge is -2.22. The molecule has 1 heterocycles. The fourth-order valence-corrected chi connectivity index (χ4v) is 3.34. The third kappa shape index (κ3) is 4.81. The Bertz CT molecular complexity index is 1030. The van der Waals surface area contributed by atoms with Gasteiger partial charge in [0, 0.05) is 18.8 Å². The molecule has 2 aromatic carbocycles. The highest BCUT2D eigenvalue weighted by Gasteiger charge is 2.10. The van der Waals surface area contributed by atoms with E-state index in [2.05, 4.69) is 33.4 Å². The van der Waals surface area contributed by atoms with E-state index in [0.717, 1.165) is 40.2 Å². The van der Waals surface area contributed by atoms with Crippen LogP contribution in [0.1, 0.15) is 23.9 Å². The Hall–Kier alpha value is -3.19. The van der Waals surface area contributed by atoms with Crippen LogP contribution in [0.5, 0.6) is 0 Å². The summed E-state index contributed by atoms with van der Waals surface area (Å²) in [5.74, 6) is 0.585. The van der Waals surface area contributed by atoms with E-state index >= 15 is 0 Å². The van der Waals surface area contributed by atoms with E-state index < -0.39 is 0 Å². The summed E-state index contributed by atoms with van der Waals surface area (Å²) in [5, 5.41) is 13.3. The standard InChI is InChI=1S/C22H27N5O2/c1-4-26(11-12-28)19-10-9-18(16(2)13-19)14-23-25-22(29)15-27-17(3)24-20-7-5-6-8-21(20)27/h5-10,13-14,28H,4,11-12,15H2,1-3H3,(H,25,29)/b23-14-. The third-order valence-electron chi connectivity index (χ3n) is 4.91. The molecule has 3 aromatic rings. The normalized spacial score (nSPS) is 11.3. The van der Waals surface area contributed by atoms with Gasteiger partial charge < -0.3 is 14.6 Å². The number of hydrazone groups is 1. The van der Waals surface area contributed by atoms with Crippen LogP contribution in [-0.2, 0) is 11.3 Å². The number of imidazole rings is 1. The van der Waals surface area contributed by atoms with Crippen LogP contribution in [-0.4, -0.2) is 46.5 Å². The molecule has 152 valence electrons. The maximum absolute atomic E-state index is 12.3. The van der Waals surface area contributed by atoms with E-state index in [1.54, 1.807) is 6.21 Å². The summed E-state index contributed by atoms with van der Waals surface area (Å²) in [5.41, 5.74) is 7.44. The molecule has 0 aliphatic rings. The minimum absolute atomic E-state index is 0.119. The molecule has 7 nitrogen and oxygen atoms in total. The van der Waals surface area contributed by atoms with Crippen molar-refractivity contribution < 1.29 is 9.90 Å². The van der Waals surface area contributed by atoms with Gasteiger partial charge in [0.25, 0.3) is 5.91 Å². The average Bonchev–Trinajstić information content (AvgIpc) is 3.02. The Kier molecular flexibility index (Phi) is 6.61. The molecule has 7 heteroatoms. The highest BCUT2D eigenvalue weighted by atomic mass is 16.3. The first-order valence-electron chi connectivity index (χ1n) is 9.73. The molecule has 0 bridgehead atoms. The van der Waals surface area contributed by atoms with Gasteiger partial charge in [0.05, 0.1) is 23.9 Å². The van der Waals surface area contributed by atoms with Gasteiger partial charge in [0.1, 0.15) is 12.4 Å². The number of hydrogen-bond donors (Lipinski definition) is 2. The molecule has 2 N–H and O–H groups in total. The summed E-state index contributed by atoms with van der Waals surface area (Å²) in [6, 6.07) is 13.8. The van der Waals surface area contributed by atoms with Gasteiger partial charge in [-0.2, -0.15) is 5.10 Å². The molecular formula is C22H27N5O2. The number of nitrogens with zero attached hydrogens (tertiary/aromatic N) is 4. The number of anilines is 1. The number of carbonyl (C=O) groups is 1. The van der Waals surface area contributed by atoms with E-state index in [9.17, 15) is 9.90 Å². The third-order valence-corrected chi connectivity index (χ3v) is 4.91. The molecule has 0 aliphatic heterocycles. The van der Waals surface area contributed by atoms with Crippen molar-refractivity contribution in [3.63, 3.8) is 0 Å². The summed E-state index contributed by atoms with van der Waals surface area (Å²) >= 11 is 0. The molecule has 0 radical (unpaired) electrons. The van der Waals surface area contributed by atoms with Crippen LogP contribution in [0.3, 0.4) is 0 Å². The fraction of sp³-hybridized carbons (Fsp3) is 0.318. The number of likely N-dealkylation sites (N-methyl/N-ethyl adjacent to an activating group) is 1. The second kappa shape index (κ2) is 9.34. The van der Waals surface area contributed by atoms with Crippen molar-refractivity contribution in [2.45, 2.75) is 27.3 Å². The van der Waals surface area contributed by atoms with Gasteiger partial charge >= 0.3 is 0 Å². The Morgan fingerprint density at radius 3 is 2.79 bits per heavy atom.